The minimum atomic E-state index is -1.43. The molecule has 0 saturated carbocycles. The molecular weight excluding hydrogens is 425 g/mol. The van der Waals surface area contributed by atoms with E-state index in [2.05, 4.69) is 80.7 Å². The third-order valence-electron chi connectivity index (χ3n) is 6.57. The van der Waals surface area contributed by atoms with E-state index in [4.69, 9.17) is 4.42 Å². The van der Waals surface area contributed by atoms with E-state index in [1.54, 1.807) is 6.07 Å². The van der Waals surface area contributed by atoms with E-state index in [9.17, 15) is 0 Å². The van der Waals surface area contributed by atoms with Crippen molar-refractivity contribution in [2.45, 2.75) is 33.5 Å². The number of hydrogen-bond donors (Lipinski definition) is 0. The lowest BCUT2D eigenvalue weighted by molar-refractivity contribution is -0.660. The molecule has 33 heavy (non-hydrogen) atoms. The fourth-order valence-electron chi connectivity index (χ4n) is 4.63. The van der Waals surface area contributed by atoms with Gasteiger partial charge in [0.1, 0.15) is 24.0 Å². The second-order valence-electron chi connectivity index (χ2n) is 10.1. The number of benzene rings is 3. The summed E-state index contributed by atoms with van der Waals surface area (Å²) in [5, 5.41) is 3.30. The molecule has 0 saturated heterocycles. The van der Waals surface area contributed by atoms with Crippen LogP contribution in [0.4, 0.5) is 4.39 Å². The first-order chi connectivity index (χ1) is 15.6. The van der Waals surface area contributed by atoms with Crippen molar-refractivity contribution in [2.75, 3.05) is 0 Å². The first-order valence-electron chi connectivity index (χ1n) is 11.4. The van der Waals surface area contributed by atoms with Crippen LogP contribution in [0.1, 0.15) is 11.1 Å². The highest BCUT2D eigenvalue weighted by Gasteiger charge is 2.23. The van der Waals surface area contributed by atoms with Crippen molar-refractivity contribution >= 4 is 35.2 Å². The van der Waals surface area contributed by atoms with E-state index in [0.717, 1.165) is 38.7 Å². The summed E-state index contributed by atoms with van der Waals surface area (Å²) in [6.45, 7) is 11.1. The molecule has 2 aromatic heterocycles. The predicted octanol–water partition coefficient (Wildman–Crippen LogP) is 7.05. The molecule has 0 aliphatic rings. The molecule has 0 spiro atoms. The van der Waals surface area contributed by atoms with Crippen LogP contribution in [0.15, 0.2) is 71.3 Å². The molecule has 2 nitrogen and oxygen atoms in total. The summed E-state index contributed by atoms with van der Waals surface area (Å²) < 4.78 is 23.9. The van der Waals surface area contributed by atoms with E-state index in [1.165, 1.54) is 10.8 Å². The Bertz CT molecular complexity index is 1520. The molecule has 0 amide bonds. The van der Waals surface area contributed by atoms with Gasteiger partial charge in [-0.25, -0.2) is 8.96 Å². The lowest BCUT2D eigenvalue weighted by atomic mass is 9.98. The van der Waals surface area contributed by atoms with Gasteiger partial charge in [-0.15, -0.1) is 0 Å². The Morgan fingerprint density at radius 3 is 2.09 bits per heavy atom. The Labute approximate surface area is 195 Å². The fourth-order valence-corrected chi connectivity index (χ4v) is 5.79. The summed E-state index contributed by atoms with van der Waals surface area (Å²) in [6, 6.07) is 20.2. The number of fused-ring (bicyclic) bond motifs is 3. The molecule has 0 unspecified atom stereocenters. The summed E-state index contributed by atoms with van der Waals surface area (Å²) in [6.07, 6.45) is 2.07. The highest BCUT2D eigenvalue weighted by atomic mass is 28.3. The molecule has 3 aromatic carbocycles. The standard InChI is InChI=1S/C29H29FNOSi/c1-18-15-16-31(3)25(17-18)26-19(2)7-12-22-23-13-14-24(30)27(29(23)32-28(22)26)20-8-10-21(11-9-20)33(4,5)6/h7-17H,1-6H3/q+1. The molecule has 166 valence electrons. The zero-order valence-electron chi connectivity index (χ0n) is 20.1. The lowest BCUT2D eigenvalue weighted by Gasteiger charge is -2.17. The van der Waals surface area contributed by atoms with Crippen LogP contribution in [0, 0.1) is 19.7 Å². The Morgan fingerprint density at radius 2 is 1.42 bits per heavy atom. The van der Waals surface area contributed by atoms with Crippen LogP contribution >= 0.6 is 0 Å². The van der Waals surface area contributed by atoms with Crippen molar-refractivity contribution in [3.63, 3.8) is 0 Å². The molecule has 4 heteroatoms. The Morgan fingerprint density at radius 1 is 0.788 bits per heavy atom. The van der Waals surface area contributed by atoms with Gasteiger partial charge in [-0.05, 0) is 42.7 Å². The Kier molecular flexibility index (Phi) is 5.02. The third kappa shape index (κ3) is 3.59. The van der Waals surface area contributed by atoms with Crippen LogP contribution in [-0.2, 0) is 7.05 Å². The average molecular weight is 455 g/mol. The third-order valence-corrected chi connectivity index (χ3v) is 8.63. The van der Waals surface area contributed by atoms with E-state index in [-0.39, 0.29) is 5.82 Å². The molecule has 2 heterocycles. The average Bonchev–Trinajstić information content (AvgIpc) is 3.13. The second kappa shape index (κ2) is 7.67. The number of furan rings is 1. The van der Waals surface area contributed by atoms with Crippen molar-refractivity contribution in [1.82, 2.24) is 0 Å². The number of aromatic nitrogens is 1. The maximum Gasteiger partial charge on any atom is 0.216 e. The first kappa shape index (κ1) is 21.6. The minimum Gasteiger partial charge on any atom is -0.454 e. The molecule has 0 bridgehead atoms. The van der Waals surface area contributed by atoms with E-state index < -0.39 is 8.07 Å². The van der Waals surface area contributed by atoms with Crippen molar-refractivity contribution in [1.29, 1.82) is 0 Å². The van der Waals surface area contributed by atoms with Gasteiger partial charge in [0.25, 0.3) is 0 Å². The molecule has 0 aliphatic heterocycles. The molecule has 0 fully saturated rings. The summed E-state index contributed by atoms with van der Waals surface area (Å²) in [5.74, 6) is -0.262. The Hall–Kier alpha value is -3.24. The van der Waals surface area contributed by atoms with Gasteiger partial charge < -0.3 is 4.42 Å². The SMILES string of the molecule is Cc1cc[n+](C)c(-c2c(C)ccc3c2oc2c(-c4ccc([Si](C)(C)C)cc4)c(F)ccc23)c1. The summed E-state index contributed by atoms with van der Waals surface area (Å²) in [7, 11) is 0.611. The molecule has 0 atom stereocenters. The quantitative estimate of drug-likeness (QED) is 0.211. The van der Waals surface area contributed by atoms with E-state index in [1.807, 2.05) is 25.2 Å². The van der Waals surface area contributed by atoms with E-state index >= 15 is 4.39 Å². The molecule has 0 aliphatic carbocycles. The number of nitrogens with zero attached hydrogens (tertiary/aromatic N) is 1. The van der Waals surface area contributed by atoms with E-state index in [0.29, 0.717) is 11.1 Å². The zero-order valence-corrected chi connectivity index (χ0v) is 21.1. The van der Waals surface area contributed by atoms with Gasteiger partial charge in [0, 0.05) is 22.9 Å². The topological polar surface area (TPSA) is 17.0 Å². The van der Waals surface area contributed by atoms with Crippen LogP contribution in [0.5, 0.6) is 0 Å². The summed E-state index contributed by atoms with van der Waals surface area (Å²) >= 11 is 0. The second-order valence-corrected chi connectivity index (χ2v) is 15.1. The number of halogens is 1. The number of aryl methyl sites for hydroxylation is 3. The van der Waals surface area contributed by atoms with Crippen molar-refractivity contribution in [3.8, 4) is 22.4 Å². The number of pyridine rings is 1. The highest BCUT2D eigenvalue weighted by Crippen LogP contribution is 2.41. The van der Waals surface area contributed by atoms with Crippen LogP contribution in [0.2, 0.25) is 19.6 Å². The normalized spacial score (nSPS) is 12.1. The van der Waals surface area contributed by atoms with Crippen molar-refractivity contribution in [2.24, 2.45) is 7.05 Å². The first-order valence-corrected chi connectivity index (χ1v) is 14.9. The minimum absolute atomic E-state index is 0.262. The molecule has 5 aromatic rings. The van der Waals surface area contributed by atoms with Crippen LogP contribution in [0.3, 0.4) is 0 Å². The maximum absolute atomic E-state index is 15.2. The monoisotopic (exact) mass is 454 g/mol. The van der Waals surface area contributed by atoms with Crippen LogP contribution in [0.25, 0.3) is 44.3 Å². The highest BCUT2D eigenvalue weighted by molar-refractivity contribution is 6.88. The molecular formula is C29H29FNOSi+. The number of rotatable bonds is 3. The zero-order chi connectivity index (χ0) is 23.5. The maximum atomic E-state index is 15.2. The predicted molar refractivity (Wildman–Crippen MR) is 138 cm³/mol. The van der Waals surface area contributed by atoms with Gasteiger partial charge in [0.15, 0.2) is 6.20 Å². The lowest BCUT2D eigenvalue weighted by Crippen LogP contribution is -2.37. The van der Waals surface area contributed by atoms with Crippen molar-refractivity contribution < 1.29 is 13.4 Å². The molecule has 0 N–H and O–H groups in total. The van der Waals surface area contributed by atoms with Gasteiger partial charge in [-0.2, -0.15) is 0 Å². The van der Waals surface area contributed by atoms with Crippen LogP contribution in [-0.4, -0.2) is 8.07 Å². The Balaban J connectivity index is 1.81. The summed E-state index contributed by atoms with van der Waals surface area (Å²) in [4.78, 5) is 0. The largest absolute Gasteiger partial charge is 0.454 e. The molecule has 5 rings (SSSR count). The van der Waals surface area contributed by atoms with Gasteiger partial charge in [0.05, 0.1) is 19.2 Å². The van der Waals surface area contributed by atoms with Gasteiger partial charge in [0.2, 0.25) is 5.69 Å². The van der Waals surface area contributed by atoms with Gasteiger partial charge in [-0.3, -0.25) is 0 Å². The fraction of sp³-hybridized carbons (Fsp3) is 0.207. The number of hydrogen-bond acceptors (Lipinski definition) is 1. The smallest absolute Gasteiger partial charge is 0.216 e. The van der Waals surface area contributed by atoms with Crippen molar-refractivity contribution in [3.05, 3.63) is 83.8 Å². The van der Waals surface area contributed by atoms with Gasteiger partial charge >= 0.3 is 0 Å². The van der Waals surface area contributed by atoms with Gasteiger partial charge in [-0.1, -0.05) is 61.2 Å². The molecule has 0 radical (unpaired) electrons. The van der Waals surface area contributed by atoms with Crippen LogP contribution < -0.4 is 9.75 Å². The summed E-state index contributed by atoms with van der Waals surface area (Å²) in [5.41, 5.74) is 7.23.